The quantitative estimate of drug-likeness (QED) is 0.158. The number of rotatable bonds is 13. The molecule has 3 atom stereocenters. The molecule has 0 aromatic heterocycles. The Hall–Kier alpha value is -3.80. The van der Waals surface area contributed by atoms with Crippen LogP contribution in [0.25, 0.3) is 10.4 Å². The Morgan fingerprint density at radius 3 is 2.22 bits per heavy atom. The van der Waals surface area contributed by atoms with Crippen LogP contribution in [0.1, 0.15) is 23.6 Å². The normalized spacial score (nSPS) is 13.6. The number of nitrogens with one attached hydrogen (secondary N) is 1. The van der Waals surface area contributed by atoms with Gasteiger partial charge < -0.3 is 25.0 Å². The molecule has 37 heavy (non-hydrogen) atoms. The van der Waals surface area contributed by atoms with Gasteiger partial charge in [0.25, 0.3) is 0 Å². The van der Waals surface area contributed by atoms with Crippen LogP contribution in [0.4, 0.5) is 13.2 Å². The average molecular weight is 524 g/mol. The third kappa shape index (κ3) is 9.64. The molecule has 0 fully saturated rings. The Labute approximate surface area is 210 Å². The molecule has 10 nitrogen and oxygen atoms in total. The lowest BCUT2D eigenvalue weighted by Crippen LogP contribution is -2.47. The number of aliphatic hydroxyl groups is 2. The lowest BCUT2D eigenvalue weighted by molar-refractivity contribution is -0.147. The molecule has 2 rings (SSSR count). The summed E-state index contributed by atoms with van der Waals surface area (Å²) < 4.78 is 48.8. The first-order valence-electron chi connectivity index (χ1n) is 11.2. The van der Waals surface area contributed by atoms with Gasteiger partial charge >= 0.3 is 12.1 Å². The summed E-state index contributed by atoms with van der Waals surface area (Å²) in [6.45, 7) is 1.01. The summed E-state index contributed by atoms with van der Waals surface area (Å²) in [7, 11) is 0. The number of hydrogen-bond acceptors (Lipinski definition) is 7. The second-order valence-corrected chi connectivity index (χ2v) is 7.93. The van der Waals surface area contributed by atoms with Crippen molar-refractivity contribution in [3.05, 3.63) is 75.7 Å². The molecule has 0 saturated heterocycles. The van der Waals surface area contributed by atoms with E-state index >= 15 is 0 Å². The van der Waals surface area contributed by atoms with Gasteiger partial charge in [-0.05, 0) is 54.3 Å². The number of carbonyl (C=O) groups is 2. The van der Waals surface area contributed by atoms with Crippen LogP contribution >= 0.6 is 0 Å². The number of ether oxygens (including phenoxy) is 2. The fourth-order valence-corrected chi connectivity index (χ4v) is 3.21. The zero-order valence-electron chi connectivity index (χ0n) is 19.9. The van der Waals surface area contributed by atoms with Gasteiger partial charge in [0, 0.05) is 11.3 Å². The largest absolute Gasteiger partial charge is 0.491 e. The molecule has 2 unspecified atom stereocenters. The second-order valence-electron chi connectivity index (χ2n) is 7.93. The minimum Gasteiger partial charge on any atom is -0.491 e. The third-order valence-electron chi connectivity index (χ3n) is 5.11. The zero-order valence-corrected chi connectivity index (χ0v) is 19.9. The maximum absolute atomic E-state index is 12.9. The minimum atomic E-state index is -4.51. The zero-order chi connectivity index (χ0) is 27.4. The first-order chi connectivity index (χ1) is 17.6. The summed E-state index contributed by atoms with van der Waals surface area (Å²) in [4.78, 5) is 28.0. The van der Waals surface area contributed by atoms with Crippen molar-refractivity contribution in [2.45, 2.75) is 44.1 Å². The van der Waals surface area contributed by atoms with E-state index < -0.39 is 48.4 Å². The van der Waals surface area contributed by atoms with E-state index in [-0.39, 0.29) is 26.1 Å². The molecule has 0 spiro atoms. The van der Waals surface area contributed by atoms with Crippen molar-refractivity contribution in [2.24, 2.45) is 5.11 Å². The maximum Gasteiger partial charge on any atom is 0.416 e. The smallest absolute Gasteiger partial charge is 0.416 e. The molecule has 0 saturated carbocycles. The first-order valence-corrected chi connectivity index (χ1v) is 11.2. The topological polar surface area (TPSA) is 154 Å². The van der Waals surface area contributed by atoms with Crippen molar-refractivity contribution in [3.63, 3.8) is 0 Å². The molecule has 0 radical (unpaired) electrons. The van der Waals surface area contributed by atoms with Crippen LogP contribution in [0.2, 0.25) is 0 Å². The van der Waals surface area contributed by atoms with E-state index in [1.54, 1.807) is 31.2 Å². The molecular weight excluding hydrogens is 497 g/mol. The van der Waals surface area contributed by atoms with Gasteiger partial charge in [0.2, 0.25) is 5.91 Å². The molecule has 0 aliphatic rings. The number of carbonyl (C=O) groups excluding carboxylic acids is 2. The number of alkyl halides is 3. The van der Waals surface area contributed by atoms with Crippen molar-refractivity contribution < 1.29 is 42.4 Å². The van der Waals surface area contributed by atoms with Gasteiger partial charge in [0.15, 0.2) is 0 Å². The van der Waals surface area contributed by atoms with E-state index in [4.69, 9.17) is 20.1 Å². The lowest BCUT2D eigenvalue weighted by atomic mass is 10.0. The van der Waals surface area contributed by atoms with Gasteiger partial charge in [-0.2, -0.15) is 13.2 Å². The predicted octanol–water partition coefficient (Wildman–Crippen LogP) is 2.95. The first kappa shape index (κ1) is 29.4. The van der Waals surface area contributed by atoms with Crippen LogP contribution in [0.15, 0.2) is 53.6 Å². The van der Waals surface area contributed by atoms with Gasteiger partial charge in [-0.15, -0.1) is 0 Å². The Morgan fingerprint density at radius 2 is 1.68 bits per heavy atom. The Bertz CT molecular complexity index is 1070. The van der Waals surface area contributed by atoms with Gasteiger partial charge in [-0.3, -0.25) is 4.79 Å². The maximum atomic E-state index is 12.9. The van der Waals surface area contributed by atoms with E-state index in [0.29, 0.717) is 16.9 Å². The second kappa shape index (κ2) is 14.1. The standard InChI is InChI=1S/C24H27F3N4O6/c1-2-36-23(35)21(12-15-3-7-17(8-4-15)24(25,26)27)29-22(34)20(30-31-28)11-16-5-9-19(10-6-16)37-14-18(33)13-32/h3-10,18,20-21,32-33H,2,11-14H2,1H3,(H,29,34)/t18?,20?,21-/m0/s1. The van der Waals surface area contributed by atoms with E-state index in [0.717, 1.165) is 12.1 Å². The van der Waals surface area contributed by atoms with Crippen LogP contribution in [0.5, 0.6) is 5.75 Å². The van der Waals surface area contributed by atoms with Crippen LogP contribution in [0, 0.1) is 0 Å². The highest BCUT2D eigenvalue weighted by Crippen LogP contribution is 2.29. The molecule has 13 heteroatoms. The Kier molecular flexibility index (Phi) is 11.2. The number of nitrogens with zero attached hydrogens (tertiary/aromatic N) is 3. The molecule has 0 aliphatic carbocycles. The molecular formula is C24H27F3N4O6. The Balaban J connectivity index is 2.12. The summed E-state index contributed by atoms with van der Waals surface area (Å²) in [5.74, 6) is -1.16. The fourth-order valence-electron chi connectivity index (χ4n) is 3.21. The van der Waals surface area contributed by atoms with E-state index in [2.05, 4.69) is 15.3 Å². The SMILES string of the molecule is CCOC(=O)[C@H](Cc1ccc(C(F)(F)F)cc1)NC(=O)C(Cc1ccc(OCC(O)CO)cc1)N=[N+]=[N-]. The van der Waals surface area contributed by atoms with Gasteiger partial charge in [-0.1, -0.05) is 29.4 Å². The molecule has 2 aromatic rings. The van der Waals surface area contributed by atoms with E-state index in [9.17, 15) is 27.9 Å². The van der Waals surface area contributed by atoms with E-state index in [1.807, 2.05) is 0 Å². The summed E-state index contributed by atoms with van der Waals surface area (Å²) in [6.07, 6.45) is -5.71. The monoisotopic (exact) mass is 524 g/mol. The molecule has 2 aromatic carbocycles. The van der Waals surface area contributed by atoms with Crippen molar-refractivity contribution in [2.75, 3.05) is 19.8 Å². The fraction of sp³-hybridized carbons (Fsp3) is 0.417. The minimum absolute atomic E-state index is 0.0156. The van der Waals surface area contributed by atoms with Gasteiger partial charge in [-0.25, -0.2) is 4.79 Å². The highest BCUT2D eigenvalue weighted by atomic mass is 19.4. The van der Waals surface area contributed by atoms with Crippen molar-refractivity contribution in [1.82, 2.24) is 5.32 Å². The number of aliphatic hydroxyl groups excluding tert-OH is 2. The molecule has 200 valence electrons. The number of amides is 1. The lowest BCUT2D eigenvalue weighted by Gasteiger charge is -2.20. The summed E-state index contributed by atoms with van der Waals surface area (Å²) in [5.41, 5.74) is 9.04. The summed E-state index contributed by atoms with van der Waals surface area (Å²) in [5, 5.41) is 24.2. The summed E-state index contributed by atoms with van der Waals surface area (Å²) in [6, 6.07) is 8.04. The van der Waals surface area contributed by atoms with Crippen LogP contribution in [0.3, 0.4) is 0 Å². The van der Waals surface area contributed by atoms with Crippen molar-refractivity contribution in [1.29, 1.82) is 0 Å². The molecule has 3 N–H and O–H groups in total. The van der Waals surface area contributed by atoms with Crippen LogP contribution in [-0.2, 0) is 33.3 Å². The van der Waals surface area contributed by atoms with Crippen molar-refractivity contribution in [3.8, 4) is 5.75 Å². The highest BCUT2D eigenvalue weighted by molar-refractivity contribution is 5.88. The van der Waals surface area contributed by atoms with Crippen molar-refractivity contribution >= 4 is 11.9 Å². The van der Waals surface area contributed by atoms with E-state index in [1.165, 1.54) is 12.1 Å². The molecule has 0 heterocycles. The predicted molar refractivity (Wildman–Crippen MR) is 125 cm³/mol. The Morgan fingerprint density at radius 1 is 1.08 bits per heavy atom. The number of benzene rings is 2. The molecule has 1 amide bonds. The third-order valence-corrected chi connectivity index (χ3v) is 5.11. The number of hydrogen-bond donors (Lipinski definition) is 3. The van der Waals surface area contributed by atoms with Crippen LogP contribution in [-0.4, -0.2) is 60.1 Å². The highest BCUT2D eigenvalue weighted by Gasteiger charge is 2.31. The summed E-state index contributed by atoms with van der Waals surface area (Å²) >= 11 is 0. The number of halogens is 3. The number of esters is 1. The molecule has 0 aliphatic heterocycles. The van der Waals surface area contributed by atoms with Crippen LogP contribution < -0.4 is 10.1 Å². The number of azide groups is 1. The molecule has 0 bridgehead atoms. The van der Waals surface area contributed by atoms with Gasteiger partial charge in [0.1, 0.15) is 30.5 Å². The average Bonchev–Trinajstić information content (AvgIpc) is 2.87. The van der Waals surface area contributed by atoms with Gasteiger partial charge in [0.05, 0.1) is 18.8 Å².